The SMILES string of the molecule is O=C(c1ccc(N2CCCCC2)cc1)C(O)O. The summed E-state index contributed by atoms with van der Waals surface area (Å²) < 4.78 is 0. The monoisotopic (exact) mass is 235 g/mol. The summed E-state index contributed by atoms with van der Waals surface area (Å²) in [5, 5.41) is 17.6. The second-order valence-electron chi connectivity index (χ2n) is 4.33. The lowest BCUT2D eigenvalue weighted by molar-refractivity contribution is -0.0195. The number of piperidine rings is 1. The van der Waals surface area contributed by atoms with E-state index in [1.165, 1.54) is 19.3 Å². The predicted octanol–water partition coefficient (Wildman–Crippen LogP) is 1.17. The molecular formula is C13H17NO3. The van der Waals surface area contributed by atoms with Gasteiger partial charge in [0.1, 0.15) is 0 Å². The maximum Gasteiger partial charge on any atom is 0.218 e. The van der Waals surface area contributed by atoms with Crippen LogP contribution in [0.5, 0.6) is 0 Å². The largest absolute Gasteiger partial charge is 0.372 e. The van der Waals surface area contributed by atoms with Crippen LogP contribution in [0.2, 0.25) is 0 Å². The van der Waals surface area contributed by atoms with Crippen LogP contribution >= 0.6 is 0 Å². The molecule has 2 N–H and O–H groups in total. The highest BCUT2D eigenvalue weighted by molar-refractivity contribution is 5.98. The second kappa shape index (κ2) is 5.29. The van der Waals surface area contributed by atoms with Crippen LogP contribution in [-0.4, -0.2) is 35.4 Å². The first-order valence-corrected chi connectivity index (χ1v) is 5.94. The number of carbonyl (C=O) groups is 1. The molecule has 1 aromatic rings. The third-order valence-corrected chi connectivity index (χ3v) is 3.11. The molecule has 1 fully saturated rings. The summed E-state index contributed by atoms with van der Waals surface area (Å²) in [4.78, 5) is 13.6. The Bertz CT molecular complexity index is 380. The normalized spacial score (nSPS) is 16.3. The molecule has 0 unspecified atom stereocenters. The number of Topliss-reactive ketones (excluding diaryl/α,β-unsaturated/α-hetero) is 1. The van der Waals surface area contributed by atoms with Crippen molar-refractivity contribution < 1.29 is 15.0 Å². The Morgan fingerprint density at radius 2 is 1.65 bits per heavy atom. The van der Waals surface area contributed by atoms with Gasteiger partial charge in [0, 0.05) is 24.3 Å². The number of aliphatic hydroxyl groups is 2. The molecule has 92 valence electrons. The van der Waals surface area contributed by atoms with Crippen LogP contribution < -0.4 is 4.90 Å². The van der Waals surface area contributed by atoms with Gasteiger partial charge < -0.3 is 15.1 Å². The van der Waals surface area contributed by atoms with E-state index in [4.69, 9.17) is 10.2 Å². The van der Waals surface area contributed by atoms with Gasteiger partial charge in [-0.25, -0.2) is 0 Å². The molecule has 1 aliphatic heterocycles. The average Bonchev–Trinajstić information content (AvgIpc) is 2.39. The zero-order chi connectivity index (χ0) is 12.3. The number of benzene rings is 1. The molecule has 0 aliphatic carbocycles. The number of hydrogen-bond acceptors (Lipinski definition) is 4. The molecule has 4 heteroatoms. The summed E-state index contributed by atoms with van der Waals surface area (Å²) in [6.45, 7) is 2.10. The quantitative estimate of drug-likeness (QED) is 0.610. The number of ketones is 1. The first-order valence-electron chi connectivity index (χ1n) is 5.94. The minimum atomic E-state index is -1.92. The van der Waals surface area contributed by atoms with Gasteiger partial charge in [-0.15, -0.1) is 0 Å². The molecule has 1 aliphatic rings. The van der Waals surface area contributed by atoms with Crippen molar-refractivity contribution in [1.29, 1.82) is 0 Å². The highest BCUT2D eigenvalue weighted by atomic mass is 16.5. The Morgan fingerprint density at radius 3 is 2.18 bits per heavy atom. The molecule has 0 saturated carbocycles. The molecule has 2 rings (SSSR count). The van der Waals surface area contributed by atoms with Gasteiger partial charge in [0.05, 0.1) is 0 Å². The molecule has 1 heterocycles. The molecule has 0 spiro atoms. The smallest absolute Gasteiger partial charge is 0.218 e. The van der Waals surface area contributed by atoms with Crippen molar-refractivity contribution in [2.24, 2.45) is 0 Å². The van der Waals surface area contributed by atoms with E-state index in [2.05, 4.69) is 4.90 Å². The average molecular weight is 235 g/mol. The van der Waals surface area contributed by atoms with Crippen molar-refractivity contribution in [3.63, 3.8) is 0 Å². The zero-order valence-corrected chi connectivity index (χ0v) is 9.67. The van der Waals surface area contributed by atoms with Crippen molar-refractivity contribution >= 4 is 11.5 Å². The maximum absolute atomic E-state index is 11.3. The van der Waals surface area contributed by atoms with E-state index < -0.39 is 12.1 Å². The van der Waals surface area contributed by atoms with Gasteiger partial charge in [0.2, 0.25) is 12.1 Å². The second-order valence-corrected chi connectivity index (χ2v) is 4.33. The molecule has 0 bridgehead atoms. The minimum absolute atomic E-state index is 0.334. The number of nitrogens with zero attached hydrogens (tertiary/aromatic N) is 1. The minimum Gasteiger partial charge on any atom is -0.372 e. The van der Waals surface area contributed by atoms with Crippen molar-refractivity contribution in [2.75, 3.05) is 18.0 Å². The first kappa shape index (κ1) is 12.1. The van der Waals surface area contributed by atoms with Gasteiger partial charge in [0.25, 0.3) is 0 Å². The fourth-order valence-corrected chi connectivity index (χ4v) is 2.14. The highest BCUT2D eigenvalue weighted by Crippen LogP contribution is 2.20. The van der Waals surface area contributed by atoms with Gasteiger partial charge in [0.15, 0.2) is 0 Å². The number of aliphatic hydroxyl groups excluding tert-OH is 1. The van der Waals surface area contributed by atoms with Crippen molar-refractivity contribution in [1.82, 2.24) is 0 Å². The van der Waals surface area contributed by atoms with E-state index in [0.717, 1.165) is 18.8 Å². The lowest BCUT2D eigenvalue weighted by Gasteiger charge is -2.28. The van der Waals surface area contributed by atoms with Crippen LogP contribution in [0.25, 0.3) is 0 Å². The zero-order valence-electron chi connectivity index (χ0n) is 9.67. The molecule has 0 atom stereocenters. The summed E-state index contributed by atoms with van der Waals surface area (Å²) in [5.41, 5.74) is 1.43. The van der Waals surface area contributed by atoms with Crippen LogP contribution in [0, 0.1) is 0 Å². The van der Waals surface area contributed by atoms with E-state index >= 15 is 0 Å². The maximum atomic E-state index is 11.3. The van der Waals surface area contributed by atoms with Gasteiger partial charge >= 0.3 is 0 Å². The summed E-state index contributed by atoms with van der Waals surface area (Å²) in [7, 11) is 0. The van der Waals surface area contributed by atoms with Crippen molar-refractivity contribution in [2.45, 2.75) is 25.6 Å². The fourth-order valence-electron chi connectivity index (χ4n) is 2.14. The third-order valence-electron chi connectivity index (χ3n) is 3.11. The summed E-state index contributed by atoms with van der Waals surface area (Å²) in [5.74, 6) is -0.657. The van der Waals surface area contributed by atoms with E-state index in [1.807, 2.05) is 12.1 Å². The molecular weight excluding hydrogens is 218 g/mol. The van der Waals surface area contributed by atoms with E-state index in [9.17, 15) is 4.79 Å². The van der Waals surface area contributed by atoms with E-state index in [0.29, 0.717) is 5.56 Å². The molecule has 4 nitrogen and oxygen atoms in total. The Morgan fingerprint density at radius 1 is 1.06 bits per heavy atom. The number of anilines is 1. The molecule has 1 saturated heterocycles. The fraction of sp³-hybridized carbons (Fsp3) is 0.462. The van der Waals surface area contributed by atoms with Crippen molar-refractivity contribution in [3.8, 4) is 0 Å². The predicted molar refractivity (Wildman–Crippen MR) is 65.1 cm³/mol. The molecule has 0 radical (unpaired) electrons. The highest BCUT2D eigenvalue weighted by Gasteiger charge is 2.15. The lowest BCUT2D eigenvalue weighted by atomic mass is 10.1. The summed E-state index contributed by atoms with van der Waals surface area (Å²) >= 11 is 0. The van der Waals surface area contributed by atoms with Crippen LogP contribution in [0.1, 0.15) is 29.6 Å². The van der Waals surface area contributed by atoms with Gasteiger partial charge in [-0.1, -0.05) is 0 Å². The first-order chi connectivity index (χ1) is 8.18. The van der Waals surface area contributed by atoms with Crippen LogP contribution in [-0.2, 0) is 0 Å². The Kier molecular flexibility index (Phi) is 3.76. The van der Waals surface area contributed by atoms with Crippen molar-refractivity contribution in [3.05, 3.63) is 29.8 Å². The number of hydrogen-bond donors (Lipinski definition) is 2. The number of rotatable bonds is 3. The molecule has 1 aromatic carbocycles. The van der Waals surface area contributed by atoms with Crippen LogP contribution in [0.15, 0.2) is 24.3 Å². The molecule has 17 heavy (non-hydrogen) atoms. The summed E-state index contributed by atoms with van der Waals surface area (Å²) in [6, 6.07) is 7.01. The Hall–Kier alpha value is -1.39. The number of carbonyl (C=O) groups excluding carboxylic acids is 1. The molecule has 0 aromatic heterocycles. The van der Waals surface area contributed by atoms with Gasteiger partial charge in [-0.3, -0.25) is 4.79 Å². The standard InChI is InChI=1S/C13H17NO3/c15-12(13(16)17)10-4-6-11(7-5-10)14-8-2-1-3-9-14/h4-7,13,16-17H,1-3,8-9H2. The topological polar surface area (TPSA) is 60.8 Å². The Labute approximate surface area is 100 Å². The lowest BCUT2D eigenvalue weighted by Crippen LogP contribution is -2.29. The van der Waals surface area contributed by atoms with Gasteiger partial charge in [-0.2, -0.15) is 0 Å². The van der Waals surface area contributed by atoms with E-state index in [1.54, 1.807) is 12.1 Å². The third kappa shape index (κ3) is 2.84. The Balaban J connectivity index is 2.09. The van der Waals surface area contributed by atoms with Gasteiger partial charge in [-0.05, 0) is 43.5 Å². The summed E-state index contributed by atoms with van der Waals surface area (Å²) in [6.07, 6.45) is 1.77. The van der Waals surface area contributed by atoms with E-state index in [-0.39, 0.29) is 0 Å². The van der Waals surface area contributed by atoms with Crippen LogP contribution in [0.3, 0.4) is 0 Å². The van der Waals surface area contributed by atoms with Crippen LogP contribution in [0.4, 0.5) is 5.69 Å². The molecule has 0 amide bonds.